The topological polar surface area (TPSA) is 49.7 Å². The maximum absolute atomic E-state index is 9.63. The Hall–Kier alpha value is -0.120. The minimum atomic E-state index is -0.432. The molecule has 0 aliphatic heterocycles. The second-order valence-corrected chi connectivity index (χ2v) is 4.94. The van der Waals surface area contributed by atoms with Gasteiger partial charge < -0.3 is 14.9 Å². The van der Waals surface area contributed by atoms with E-state index in [0.29, 0.717) is 25.4 Å². The van der Waals surface area contributed by atoms with Gasteiger partial charge in [-0.2, -0.15) is 0 Å². The van der Waals surface area contributed by atoms with Crippen molar-refractivity contribution in [3.63, 3.8) is 0 Å². The summed E-state index contributed by atoms with van der Waals surface area (Å²) in [5, 5.41) is 19.2. The van der Waals surface area contributed by atoms with Gasteiger partial charge in [0, 0.05) is 6.61 Å². The number of rotatable bonds is 10. The van der Waals surface area contributed by atoms with Crippen LogP contribution in [0.1, 0.15) is 52.9 Å². The number of aliphatic hydroxyl groups is 2. The first-order valence-electron chi connectivity index (χ1n) is 6.50. The summed E-state index contributed by atoms with van der Waals surface area (Å²) in [7, 11) is 0. The predicted octanol–water partition coefficient (Wildman–Crippen LogP) is 2.35. The minimum absolute atomic E-state index is 0.287. The largest absolute Gasteiger partial charge is 0.393 e. The number of aliphatic hydroxyl groups excluding tert-OH is 2. The maximum atomic E-state index is 9.63. The number of hydrogen-bond acceptors (Lipinski definition) is 3. The molecule has 0 fully saturated rings. The molecule has 0 radical (unpaired) electrons. The fourth-order valence-corrected chi connectivity index (χ4v) is 1.60. The van der Waals surface area contributed by atoms with Crippen molar-refractivity contribution in [2.75, 3.05) is 13.2 Å². The van der Waals surface area contributed by atoms with E-state index in [0.717, 1.165) is 25.9 Å². The third-order valence-corrected chi connectivity index (χ3v) is 2.53. The van der Waals surface area contributed by atoms with Gasteiger partial charge in [-0.3, -0.25) is 0 Å². The molecule has 0 saturated heterocycles. The Balaban J connectivity index is 3.38. The van der Waals surface area contributed by atoms with E-state index in [9.17, 15) is 10.2 Å². The van der Waals surface area contributed by atoms with Crippen molar-refractivity contribution in [1.29, 1.82) is 0 Å². The monoisotopic (exact) mass is 232 g/mol. The molecule has 0 aromatic heterocycles. The zero-order valence-corrected chi connectivity index (χ0v) is 11.0. The zero-order chi connectivity index (χ0) is 12.4. The van der Waals surface area contributed by atoms with Gasteiger partial charge in [-0.1, -0.05) is 27.2 Å². The van der Waals surface area contributed by atoms with E-state index in [1.54, 1.807) is 0 Å². The van der Waals surface area contributed by atoms with Crippen molar-refractivity contribution in [2.45, 2.75) is 65.1 Å². The zero-order valence-electron chi connectivity index (χ0n) is 11.0. The SMILES string of the molecule is CCCCOCC(O)CCC(O)CC(C)C. The van der Waals surface area contributed by atoms with Gasteiger partial charge in [-0.25, -0.2) is 0 Å². The highest BCUT2D eigenvalue weighted by molar-refractivity contribution is 4.62. The molecule has 2 N–H and O–H groups in total. The highest BCUT2D eigenvalue weighted by Gasteiger charge is 2.10. The summed E-state index contributed by atoms with van der Waals surface area (Å²) in [6.07, 6.45) is 3.54. The minimum Gasteiger partial charge on any atom is -0.393 e. The van der Waals surface area contributed by atoms with Crippen molar-refractivity contribution < 1.29 is 14.9 Å². The molecule has 2 unspecified atom stereocenters. The molecular weight excluding hydrogens is 204 g/mol. The molecule has 0 aliphatic rings. The fourth-order valence-electron chi connectivity index (χ4n) is 1.60. The molecule has 3 heteroatoms. The smallest absolute Gasteiger partial charge is 0.0774 e. The Bertz CT molecular complexity index is 148. The van der Waals surface area contributed by atoms with Crippen LogP contribution >= 0.6 is 0 Å². The van der Waals surface area contributed by atoms with Crippen LogP contribution in [0.5, 0.6) is 0 Å². The first-order chi connectivity index (χ1) is 7.56. The molecule has 16 heavy (non-hydrogen) atoms. The molecule has 0 amide bonds. The first kappa shape index (κ1) is 15.9. The summed E-state index contributed by atoms with van der Waals surface area (Å²) in [4.78, 5) is 0. The Kier molecular flexibility index (Phi) is 9.99. The molecule has 3 nitrogen and oxygen atoms in total. The molecule has 0 aromatic carbocycles. The second-order valence-electron chi connectivity index (χ2n) is 4.94. The third-order valence-electron chi connectivity index (χ3n) is 2.53. The summed E-state index contributed by atoms with van der Waals surface area (Å²) < 4.78 is 5.32. The van der Waals surface area contributed by atoms with Crippen molar-refractivity contribution in [3.05, 3.63) is 0 Å². The molecule has 98 valence electrons. The standard InChI is InChI=1S/C13H28O3/c1-4-5-8-16-10-13(15)7-6-12(14)9-11(2)3/h11-15H,4-10H2,1-3H3. The molecule has 0 aromatic rings. The van der Waals surface area contributed by atoms with Crippen LogP contribution in [0, 0.1) is 5.92 Å². The van der Waals surface area contributed by atoms with Crippen LogP contribution in [0.15, 0.2) is 0 Å². The summed E-state index contributed by atoms with van der Waals surface area (Å²) in [6, 6.07) is 0. The lowest BCUT2D eigenvalue weighted by molar-refractivity contribution is 0.0213. The van der Waals surface area contributed by atoms with E-state index in [-0.39, 0.29) is 6.10 Å². The molecule has 0 aliphatic carbocycles. The van der Waals surface area contributed by atoms with Crippen molar-refractivity contribution in [1.82, 2.24) is 0 Å². The van der Waals surface area contributed by atoms with Crippen LogP contribution in [0.25, 0.3) is 0 Å². The number of unbranched alkanes of at least 4 members (excludes halogenated alkanes) is 1. The molecule has 0 bridgehead atoms. The van der Waals surface area contributed by atoms with Gasteiger partial charge in [0.25, 0.3) is 0 Å². The van der Waals surface area contributed by atoms with Crippen LogP contribution in [-0.2, 0) is 4.74 Å². The van der Waals surface area contributed by atoms with Gasteiger partial charge in [-0.05, 0) is 31.6 Å². The summed E-state index contributed by atoms with van der Waals surface area (Å²) in [5.41, 5.74) is 0. The van der Waals surface area contributed by atoms with E-state index >= 15 is 0 Å². The normalized spacial score (nSPS) is 15.4. The van der Waals surface area contributed by atoms with E-state index < -0.39 is 6.10 Å². The van der Waals surface area contributed by atoms with Crippen LogP contribution < -0.4 is 0 Å². The lowest BCUT2D eigenvalue weighted by atomic mass is 10.0. The quantitative estimate of drug-likeness (QED) is 0.568. The average Bonchev–Trinajstić information content (AvgIpc) is 2.20. The van der Waals surface area contributed by atoms with Crippen LogP contribution in [0.4, 0.5) is 0 Å². The molecule has 0 heterocycles. The lowest BCUT2D eigenvalue weighted by Crippen LogP contribution is -2.19. The lowest BCUT2D eigenvalue weighted by Gasteiger charge is -2.15. The van der Waals surface area contributed by atoms with Gasteiger partial charge in [0.05, 0.1) is 18.8 Å². The average molecular weight is 232 g/mol. The van der Waals surface area contributed by atoms with Crippen LogP contribution in [-0.4, -0.2) is 35.6 Å². The Morgan fingerprint density at radius 1 is 1.06 bits per heavy atom. The Morgan fingerprint density at radius 3 is 2.25 bits per heavy atom. The Labute approximate surface area is 99.8 Å². The van der Waals surface area contributed by atoms with Gasteiger partial charge in [0.2, 0.25) is 0 Å². The second kappa shape index (κ2) is 10.1. The first-order valence-corrected chi connectivity index (χ1v) is 6.50. The molecule has 0 rings (SSSR count). The van der Waals surface area contributed by atoms with Gasteiger partial charge in [0.15, 0.2) is 0 Å². The van der Waals surface area contributed by atoms with Crippen LogP contribution in [0.3, 0.4) is 0 Å². The van der Waals surface area contributed by atoms with E-state index in [4.69, 9.17) is 4.74 Å². The fraction of sp³-hybridized carbons (Fsp3) is 1.00. The van der Waals surface area contributed by atoms with Gasteiger partial charge in [-0.15, -0.1) is 0 Å². The van der Waals surface area contributed by atoms with Gasteiger partial charge >= 0.3 is 0 Å². The highest BCUT2D eigenvalue weighted by atomic mass is 16.5. The number of ether oxygens (including phenoxy) is 1. The van der Waals surface area contributed by atoms with Crippen molar-refractivity contribution in [2.24, 2.45) is 5.92 Å². The van der Waals surface area contributed by atoms with E-state index in [1.807, 2.05) is 0 Å². The Morgan fingerprint density at radius 2 is 1.69 bits per heavy atom. The third kappa shape index (κ3) is 10.4. The van der Waals surface area contributed by atoms with Crippen LogP contribution in [0.2, 0.25) is 0 Å². The number of hydrogen-bond donors (Lipinski definition) is 2. The highest BCUT2D eigenvalue weighted by Crippen LogP contribution is 2.11. The van der Waals surface area contributed by atoms with Crippen molar-refractivity contribution >= 4 is 0 Å². The molecule has 0 spiro atoms. The molecule has 2 atom stereocenters. The summed E-state index contributed by atoms with van der Waals surface area (Å²) in [5.74, 6) is 0.507. The van der Waals surface area contributed by atoms with E-state index in [1.165, 1.54) is 0 Å². The molecular formula is C13H28O3. The van der Waals surface area contributed by atoms with E-state index in [2.05, 4.69) is 20.8 Å². The van der Waals surface area contributed by atoms with Crippen molar-refractivity contribution in [3.8, 4) is 0 Å². The molecule has 0 saturated carbocycles. The maximum Gasteiger partial charge on any atom is 0.0774 e. The summed E-state index contributed by atoms with van der Waals surface area (Å²) >= 11 is 0. The predicted molar refractivity (Wildman–Crippen MR) is 66.4 cm³/mol. The summed E-state index contributed by atoms with van der Waals surface area (Å²) in [6.45, 7) is 7.42. The van der Waals surface area contributed by atoms with Gasteiger partial charge in [0.1, 0.15) is 0 Å².